The van der Waals surface area contributed by atoms with Gasteiger partial charge < -0.3 is 9.15 Å². The van der Waals surface area contributed by atoms with E-state index in [4.69, 9.17) is 4.42 Å². The van der Waals surface area contributed by atoms with Crippen LogP contribution in [0.5, 0.6) is 0 Å². The number of halogens is 3. The molecule has 0 amide bonds. The molecule has 1 fully saturated rings. The van der Waals surface area contributed by atoms with Crippen molar-refractivity contribution in [3.63, 3.8) is 0 Å². The Balaban J connectivity index is 1.65. The van der Waals surface area contributed by atoms with Gasteiger partial charge in [-0.1, -0.05) is 0 Å². The number of ether oxygens (including phenoxy) is 1. The number of aromatic nitrogens is 1. The van der Waals surface area contributed by atoms with Crippen molar-refractivity contribution >= 4 is 11.1 Å². The van der Waals surface area contributed by atoms with Crippen LogP contribution in [0.3, 0.4) is 0 Å². The van der Waals surface area contributed by atoms with Crippen LogP contribution in [-0.2, 0) is 11.3 Å². The Morgan fingerprint density at radius 2 is 2.30 bits per heavy atom. The summed E-state index contributed by atoms with van der Waals surface area (Å²) in [5, 5.41) is 0. The molecule has 1 aromatic carbocycles. The van der Waals surface area contributed by atoms with Crippen molar-refractivity contribution in [2.45, 2.75) is 25.7 Å². The maximum atomic E-state index is 13.0. The Kier molecular flexibility index (Phi) is 3.62. The van der Waals surface area contributed by atoms with Gasteiger partial charge in [-0.15, -0.1) is 0 Å². The van der Waals surface area contributed by atoms with Gasteiger partial charge >= 0.3 is 6.61 Å². The first kappa shape index (κ1) is 13.4. The Morgan fingerprint density at radius 1 is 1.45 bits per heavy atom. The van der Waals surface area contributed by atoms with Crippen molar-refractivity contribution in [1.82, 2.24) is 9.88 Å². The number of fused-ring (bicyclic) bond motifs is 1. The standard InChI is InChI=1S/C13H13F3N2O2/c14-8-1-2-10-11(5-8)20-12(17-10)7-18-4-3-9(6-18)19-13(15)16/h1-2,5,9,13H,3-4,6-7H2/t9-/m0/s1. The van der Waals surface area contributed by atoms with Crippen molar-refractivity contribution in [2.24, 2.45) is 0 Å². The summed E-state index contributed by atoms with van der Waals surface area (Å²) in [5.41, 5.74) is 0.973. The van der Waals surface area contributed by atoms with Crippen molar-refractivity contribution in [1.29, 1.82) is 0 Å². The summed E-state index contributed by atoms with van der Waals surface area (Å²) < 4.78 is 47.2. The molecule has 1 aliphatic rings. The first-order chi connectivity index (χ1) is 9.60. The Morgan fingerprint density at radius 3 is 3.10 bits per heavy atom. The molecule has 0 bridgehead atoms. The third-order valence-corrected chi connectivity index (χ3v) is 3.28. The second-order valence-corrected chi connectivity index (χ2v) is 4.76. The van der Waals surface area contributed by atoms with Gasteiger partial charge in [-0.05, 0) is 18.6 Å². The van der Waals surface area contributed by atoms with Gasteiger partial charge in [0.1, 0.15) is 11.3 Å². The Bertz CT molecular complexity index is 602. The number of rotatable bonds is 4. The first-order valence-corrected chi connectivity index (χ1v) is 6.31. The second-order valence-electron chi connectivity index (χ2n) is 4.76. The molecule has 1 aromatic heterocycles. The Hall–Kier alpha value is -1.60. The zero-order chi connectivity index (χ0) is 14.1. The molecule has 7 heteroatoms. The van der Waals surface area contributed by atoms with Crippen LogP contribution >= 0.6 is 0 Å². The van der Waals surface area contributed by atoms with E-state index in [1.54, 1.807) is 6.07 Å². The topological polar surface area (TPSA) is 38.5 Å². The van der Waals surface area contributed by atoms with Gasteiger partial charge in [-0.3, -0.25) is 4.90 Å². The molecule has 1 saturated heterocycles. The number of hydrogen-bond donors (Lipinski definition) is 0. The molecule has 1 atom stereocenters. The van der Waals surface area contributed by atoms with E-state index in [0.29, 0.717) is 43.0 Å². The maximum absolute atomic E-state index is 13.0. The summed E-state index contributed by atoms with van der Waals surface area (Å²) >= 11 is 0. The van der Waals surface area contributed by atoms with E-state index in [-0.39, 0.29) is 5.82 Å². The lowest BCUT2D eigenvalue weighted by Crippen LogP contribution is -2.24. The molecule has 0 aliphatic carbocycles. The van der Waals surface area contributed by atoms with Crippen LogP contribution in [0.2, 0.25) is 0 Å². The fourth-order valence-electron chi connectivity index (χ4n) is 2.40. The van der Waals surface area contributed by atoms with Crippen LogP contribution in [0.1, 0.15) is 12.3 Å². The van der Waals surface area contributed by atoms with Gasteiger partial charge in [-0.2, -0.15) is 8.78 Å². The third-order valence-electron chi connectivity index (χ3n) is 3.28. The molecule has 1 aliphatic heterocycles. The van der Waals surface area contributed by atoms with Gasteiger partial charge in [-0.25, -0.2) is 9.37 Å². The molecule has 4 nitrogen and oxygen atoms in total. The zero-order valence-corrected chi connectivity index (χ0v) is 10.6. The van der Waals surface area contributed by atoms with E-state index in [9.17, 15) is 13.2 Å². The summed E-state index contributed by atoms with van der Waals surface area (Å²) in [5.74, 6) is 0.0649. The number of oxazole rings is 1. The SMILES string of the molecule is Fc1ccc2nc(CN3CC[C@H](OC(F)F)C3)oc2c1. The molecular formula is C13H13F3N2O2. The lowest BCUT2D eigenvalue weighted by atomic mass is 10.3. The fraction of sp³-hybridized carbons (Fsp3) is 0.462. The van der Waals surface area contributed by atoms with Crippen molar-refractivity contribution in [3.05, 3.63) is 29.9 Å². The molecule has 20 heavy (non-hydrogen) atoms. The molecule has 0 radical (unpaired) electrons. The second kappa shape index (κ2) is 5.41. The number of nitrogens with zero attached hydrogens (tertiary/aromatic N) is 2. The average Bonchev–Trinajstić information content (AvgIpc) is 2.95. The number of alkyl halides is 2. The fourth-order valence-corrected chi connectivity index (χ4v) is 2.40. The van der Waals surface area contributed by atoms with E-state index < -0.39 is 12.7 Å². The number of hydrogen-bond acceptors (Lipinski definition) is 4. The van der Waals surface area contributed by atoms with E-state index in [1.165, 1.54) is 12.1 Å². The largest absolute Gasteiger partial charge is 0.439 e. The van der Waals surface area contributed by atoms with Gasteiger partial charge in [0.15, 0.2) is 5.58 Å². The Labute approximate surface area is 113 Å². The molecule has 2 heterocycles. The molecule has 108 valence electrons. The highest BCUT2D eigenvalue weighted by Gasteiger charge is 2.26. The minimum atomic E-state index is -2.74. The predicted octanol–water partition coefficient (Wildman–Crippen LogP) is 2.78. The van der Waals surface area contributed by atoms with Crippen molar-refractivity contribution in [2.75, 3.05) is 13.1 Å². The van der Waals surface area contributed by atoms with E-state index in [0.717, 1.165) is 0 Å². The lowest BCUT2D eigenvalue weighted by molar-refractivity contribution is -0.158. The molecular weight excluding hydrogens is 273 g/mol. The third kappa shape index (κ3) is 2.94. The first-order valence-electron chi connectivity index (χ1n) is 6.31. The highest BCUT2D eigenvalue weighted by Crippen LogP contribution is 2.21. The zero-order valence-electron chi connectivity index (χ0n) is 10.6. The quantitative estimate of drug-likeness (QED) is 0.866. The van der Waals surface area contributed by atoms with Crippen LogP contribution in [0.15, 0.2) is 22.6 Å². The van der Waals surface area contributed by atoms with Crippen molar-refractivity contribution in [3.8, 4) is 0 Å². The van der Waals surface area contributed by atoms with Crippen LogP contribution in [0.4, 0.5) is 13.2 Å². The van der Waals surface area contributed by atoms with E-state index >= 15 is 0 Å². The van der Waals surface area contributed by atoms with E-state index in [2.05, 4.69) is 9.72 Å². The van der Waals surface area contributed by atoms with Crippen LogP contribution in [0, 0.1) is 5.82 Å². The van der Waals surface area contributed by atoms with Crippen LogP contribution in [-0.4, -0.2) is 35.7 Å². The molecule has 3 rings (SSSR count). The van der Waals surface area contributed by atoms with E-state index in [1.807, 2.05) is 4.90 Å². The monoisotopic (exact) mass is 286 g/mol. The normalized spacial score (nSPS) is 20.3. The maximum Gasteiger partial charge on any atom is 0.345 e. The summed E-state index contributed by atoms with van der Waals surface area (Å²) in [7, 11) is 0. The number of benzene rings is 1. The summed E-state index contributed by atoms with van der Waals surface area (Å²) in [6, 6.07) is 4.14. The summed E-state index contributed by atoms with van der Waals surface area (Å²) in [4.78, 5) is 6.16. The molecule has 0 saturated carbocycles. The van der Waals surface area contributed by atoms with Gasteiger partial charge in [0, 0.05) is 19.2 Å². The van der Waals surface area contributed by atoms with Gasteiger partial charge in [0.25, 0.3) is 0 Å². The average molecular weight is 286 g/mol. The highest BCUT2D eigenvalue weighted by molar-refractivity contribution is 5.72. The lowest BCUT2D eigenvalue weighted by Gasteiger charge is -2.13. The minimum absolute atomic E-state index is 0.383. The summed E-state index contributed by atoms with van der Waals surface area (Å²) in [6.07, 6.45) is 0.0935. The summed E-state index contributed by atoms with van der Waals surface area (Å²) in [6.45, 7) is -1.28. The molecule has 2 aromatic rings. The molecule has 0 spiro atoms. The van der Waals surface area contributed by atoms with Crippen molar-refractivity contribution < 1.29 is 22.3 Å². The van der Waals surface area contributed by atoms with Gasteiger partial charge in [0.05, 0.1) is 12.6 Å². The minimum Gasteiger partial charge on any atom is -0.439 e. The smallest absolute Gasteiger partial charge is 0.345 e. The molecule has 0 N–H and O–H groups in total. The van der Waals surface area contributed by atoms with Crippen LogP contribution in [0.25, 0.3) is 11.1 Å². The predicted molar refractivity (Wildman–Crippen MR) is 64.7 cm³/mol. The van der Waals surface area contributed by atoms with Crippen LogP contribution < -0.4 is 0 Å². The van der Waals surface area contributed by atoms with Gasteiger partial charge in [0.2, 0.25) is 5.89 Å². The highest BCUT2D eigenvalue weighted by atomic mass is 19.3. The number of likely N-dealkylation sites (tertiary alicyclic amines) is 1. The molecule has 0 unspecified atom stereocenters.